The molecule has 0 aliphatic heterocycles. The number of unbranched alkanes of at least 4 members (excludes halogenated alkanes) is 1. The zero-order chi connectivity index (χ0) is 14.1. The largest absolute Gasteiger partial charge is 0.481 e. The Balaban J connectivity index is 2.13. The standard InChI is InChI=1S/C14H26N2O3/c1-11-7-3-2-4-8-12(11)16-14(19)15-10-6-5-9-13(17)18/h11-12H,2-10H2,1H3,(H,17,18)(H2,15,16,19). The van der Waals surface area contributed by atoms with Crippen LogP contribution in [0.3, 0.4) is 0 Å². The molecule has 1 fully saturated rings. The first-order valence-electron chi connectivity index (χ1n) is 7.35. The van der Waals surface area contributed by atoms with Gasteiger partial charge < -0.3 is 15.7 Å². The fourth-order valence-electron chi connectivity index (χ4n) is 2.53. The lowest BCUT2D eigenvalue weighted by Gasteiger charge is -2.22. The molecule has 1 rings (SSSR count). The Labute approximate surface area is 115 Å². The maximum atomic E-state index is 11.7. The molecule has 2 unspecified atom stereocenters. The van der Waals surface area contributed by atoms with E-state index in [9.17, 15) is 9.59 Å². The minimum atomic E-state index is -0.781. The molecule has 0 radical (unpaired) electrons. The van der Waals surface area contributed by atoms with Crippen LogP contribution in [0.5, 0.6) is 0 Å². The van der Waals surface area contributed by atoms with Gasteiger partial charge in [-0.05, 0) is 31.6 Å². The Kier molecular flexibility index (Phi) is 7.30. The summed E-state index contributed by atoms with van der Waals surface area (Å²) in [4.78, 5) is 22.1. The highest BCUT2D eigenvalue weighted by Gasteiger charge is 2.21. The Bertz CT molecular complexity index is 294. The van der Waals surface area contributed by atoms with Crippen molar-refractivity contribution >= 4 is 12.0 Å². The molecule has 5 heteroatoms. The normalized spacial score (nSPS) is 23.4. The number of rotatable bonds is 6. The van der Waals surface area contributed by atoms with E-state index >= 15 is 0 Å². The van der Waals surface area contributed by atoms with E-state index in [1.807, 2.05) is 0 Å². The second-order valence-corrected chi connectivity index (χ2v) is 5.47. The maximum absolute atomic E-state index is 11.7. The Hall–Kier alpha value is -1.26. The summed E-state index contributed by atoms with van der Waals surface area (Å²) in [5, 5.41) is 14.3. The van der Waals surface area contributed by atoms with E-state index in [4.69, 9.17) is 5.11 Å². The van der Waals surface area contributed by atoms with Gasteiger partial charge in [-0.1, -0.05) is 26.2 Å². The molecule has 5 nitrogen and oxygen atoms in total. The van der Waals surface area contributed by atoms with Gasteiger partial charge in [0, 0.05) is 19.0 Å². The van der Waals surface area contributed by atoms with Gasteiger partial charge in [-0.2, -0.15) is 0 Å². The number of nitrogens with one attached hydrogen (secondary N) is 2. The first kappa shape index (κ1) is 15.8. The van der Waals surface area contributed by atoms with Crippen LogP contribution in [0.15, 0.2) is 0 Å². The molecule has 19 heavy (non-hydrogen) atoms. The molecule has 0 spiro atoms. The van der Waals surface area contributed by atoms with Gasteiger partial charge in [-0.25, -0.2) is 4.79 Å². The number of amides is 2. The number of carboxylic acid groups (broad SMARTS) is 1. The highest BCUT2D eigenvalue weighted by Crippen LogP contribution is 2.22. The van der Waals surface area contributed by atoms with Crippen molar-refractivity contribution < 1.29 is 14.7 Å². The molecule has 0 aromatic carbocycles. The van der Waals surface area contributed by atoms with Crippen molar-refractivity contribution in [2.24, 2.45) is 5.92 Å². The molecule has 3 N–H and O–H groups in total. The topological polar surface area (TPSA) is 78.4 Å². The molecule has 0 heterocycles. The number of aliphatic carboxylic acids is 1. The van der Waals surface area contributed by atoms with Crippen molar-refractivity contribution in [3.63, 3.8) is 0 Å². The number of urea groups is 1. The molecule has 0 aromatic rings. The van der Waals surface area contributed by atoms with Gasteiger partial charge in [-0.15, -0.1) is 0 Å². The molecule has 1 saturated carbocycles. The molecular weight excluding hydrogens is 244 g/mol. The predicted octanol–water partition coefficient (Wildman–Crippen LogP) is 2.51. The average molecular weight is 270 g/mol. The van der Waals surface area contributed by atoms with Crippen molar-refractivity contribution in [1.82, 2.24) is 10.6 Å². The third-order valence-corrected chi connectivity index (χ3v) is 3.78. The molecule has 1 aliphatic rings. The van der Waals surface area contributed by atoms with Crippen molar-refractivity contribution in [1.29, 1.82) is 0 Å². The third-order valence-electron chi connectivity index (χ3n) is 3.78. The lowest BCUT2D eigenvalue weighted by molar-refractivity contribution is -0.137. The summed E-state index contributed by atoms with van der Waals surface area (Å²) in [5.74, 6) is -0.239. The predicted molar refractivity (Wildman–Crippen MR) is 74.1 cm³/mol. The number of carbonyl (C=O) groups is 2. The van der Waals surface area contributed by atoms with Crippen molar-refractivity contribution in [3.8, 4) is 0 Å². The van der Waals surface area contributed by atoms with E-state index in [1.54, 1.807) is 0 Å². The summed E-state index contributed by atoms with van der Waals surface area (Å²) >= 11 is 0. The minimum absolute atomic E-state index is 0.117. The number of carbonyl (C=O) groups excluding carboxylic acids is 1. The van der Waals surface area contributed by atoms with E-state index in [0.717, 1.165) is 6.42 Å². The van der Waals surface area contributed by atoms with E-state index in [2.05, 4.69) is 17.6 Å². The van der Waals surface area contributed by atoms with Crippen molar-refractivity contribution in [2.75, 3.05) is 6.54 Å². The van der Waals surface area contributed by atoms with Crippen LogP contribution in [0.4, 0.5) is 4.79 Å². The lowest BCUT2D eigenvalue weighted by Crippen LogP contribution is -2.44. The monoisotopic (exact) mass is 270 g/mol. The van der Waals surface area contributed by atoms with Crippen LogP contribution in [0.25, 0.3) is 0 Å². The summed E-state index contributed by atoms with van der Waals surface area (Å²) in [5.41, 5.74) is 0. The Morgan fingerprint density at radius 3 is 2.63 bits per heavy atom. The summed E-state index contributed by atoms with van der Waals surface area (Å²) in [6.07, 6.45) is 7.44. The molecule has 1 aliphatic carbocycles. The molecule has 0 bridgehead atoms. The van der Waals surface area contributed by atoms with Gasteiger partial charge in [0.05, 0.1) is 0 Å². The van der Waals surface area contributed by atoms with Gasteiger partial charge in [0.1, 0.15) is 0 Å². The molecule has 0 saturated heterocycles. The van der Waals surface area contributed by atoms with E-state index in [0.29, 0.717) is 25.3 Å². The summed E-state index contributed by atoms with van der Waals surface area (Å²) in [6, 6.07) is 0.163. The first-order chi connectivity index (χ1) is 9.09. The zero-order valence-corrected chi connectivity index (χ0v) is 11.8. The molecule has 2 atom stereocenters. The highest BCUT2D eigenvalue weighted by molar-refractivity contribution is 5.74. The Morgan fingerprint density at radius 1 is 1.16 bits per heavy atom. The molecule has 0 aromatic heterocycles. The third kappa shape index (κ3) is 7.03. The van der Waals surface area contributed by atoms with Crippen LogP contribution < -0.4 is 10.6 Å². The van der Waals surface area contributed by atoms with Gasteiger partial charge in [0.25, 0.3) is 0 Å². The molecule has 110 valence electrons. The van der Waals surface area contributed by atoms with Crippen LogP contribution in [-0.4, -0.2) is 29.7 Å². The quantitative estimate of drug-likeness (QED) is 0.512. The van der Waals surface area contributed by atoms with E-state index in [1.165, 1.54) is 25.7 Å². The smallest absolute Gasteiger partial charge is 0.315 e. The SMILES string of the molecule is CC1CCCCCC1NC(=O)NCCCCC(=O)O. The van der Waals surface area contributed by atoms with E-state index in [-0.39, 0.29) is 18.5 Å². The average Bonchev–Trinajstić information content (AvgIpc) is 2.54. The number of hydrogen-bond acceptors (Lipinski definition) is 2. The maximum Gasteiger partial charge on any atom is 0.315 e. The zero-order valence-electron chi connectivity index (χ0n) is 11.8. The van der Waals surface area contributed by atoms with Crippen LogP contribution in [0.2, 0.25) is 0 Å². The van der Waals surface area contributed by atoms with Crippen LogP contribution >= 0.6 is 0 Å². The number of carboxylic acids is 1. The van der Waals surface area contributed by atoms with Crippen molar-refractivity contribution in [3.05, 3.63) is 0 Å². The summed E-state index contributed by atoms with van der Waals surface area (Å²) in [7, 11) is 0. The Morgan fingerprint density at radius 2 is 1.89 bits per heavy atom. The first-order valence-corrected chi connectivity index (χ1v) is 7.35. The van der Waals surface area contributed by atoms with Gasteiger partial charge >= 0.3 is 12.0 Å². The summed E-state index contributed by atoms with van der Waals surface area (Å²) in [6.45, 7) is 2.74. The fraction of sp³-hybridized carbons (Fsp3) is 0.857. The number of hydrogen-bond donors (Lipinski definition) is 3. The summed E-state index contributed by atoms with van der Waals surface area (Å²) < 4.78 is 0. The van der Waals surface area contributed by atoms with Gasteiger partial charge in [-0.3, -0.25) is 4.79 Å². The molecular formula is C14H26N2O3. The second-order valence-electron chi connectivity index (χ2n) is 5.47. The minimum Gasteiger partial charge on any atom is -0.481 e. The van der Waals surface area contributed by atoms with Crippen LogP contribution in [0.1, 0.15) is 58.3 Å². The second kappa shape index (κ2) is 8.77. The van der Waals surface area contributed by atoms with Crippen LogP contribution in [-0.2, 0) is 4.79 Å². The highest BCUT2D eigenvalue weighted by atomic mass is 16.4. The fourth-order valence-corrected chi connectivity index (χ4v) is 2.53. The van der Waals surface area contributed by atoms with Crippen LogP contribution in [0, 0.1) is 5.92 Å². The molecule has 2 amide bonds. The van der Waals surface area contributed by atoms with E-state index < -0.39 is 5.97 Å². The van der Waals surface area contributed by atoms with Crippen molar-refractivity contribution in [2.45, 2.75) is 64.3 Å². The lowest BCUT2D eigenvalue weighted by atomic mass is 9.97. The van der Waals surface area contributed by atoms with Gasteiger partial charge in [0.2, 0.25) is 0 Å². The van der Waals surface area contributed by atoms with Gasteiger partial charge in [0.15, 0.2) is 0 Å².